The number of nitrogens with one attached hydrogen (secondary N) is 2. The first-order chi connectivity index (χ1) is 12.9. The van der Waals surface area contributed by atoms with Gasteiger partial charge in [-0.1, -0.05) is 29.3 Å². The number of halogens is 2. The molecule has 0 radical (unpaired) electrons. The van der Waals surface area contributed by atoms with Crippen LogP contribution >= 0.6 is 23.2 Å². The van der Waals surface area contributed by atoms with E-state index in [4.69, 9.17) is 33.2 Å². The van der Waals surface area contributed by atoms with Crippen molar-refractivity contribution in [3.8, 4) is 6.07 Å². The molecule has 0 heterocycles. The third-order valence-electron chi connectivity index (χ3n) is 3.17. The van der Waals surface area contributed by atoms with Crippen LogP contribution in [0.4, 0.5) is 11.4 Å². The number of nitrogens with zero attached hydrogens (tertiary/aromatic N) is 2. The van der Waals surface area contributed by atoms with Crippen LogP contribution in [0.15, 0.2) is 47.6 Å². The predicted octanol–water partition coefficient (Wildman–Crippen LogP) is 4.10. The quantitative estimate of drug-likeness (QED) is 0.428. The van der Waals surface area contributed by atoms with Crippen LogP contribution in [0.5, 0.6) is 0 Å². The van der Waals surface area contributed by atoms with Gasteiger partial charge < -0.3 is 10.1 Å². The first kappa shape index (κ1) is 20.2. The van der Waals surface area contributed by atoms with E-state index in [1.165, 1.54) is 18.2 Å². The van der Waals surface area contributed by atoms with Crippen molar-refractivity contribution in [2.45, 2.75) is 6.92 Å². The van der Waals surface area contributed by atoms with Gasteiger partial charge in [-0.25, -0.2) is 4.79 Å². The van der Waals surface area contributed by atoms with Crippen molar-refractivity contribution >= 4 is 52.2 Å². The number of anilines is 2. The number of ether oxygens (including phenoxy) is 1. The second kappa shape index (κ2) is 9.57. The van der Waals surface area contributed by atoms with Crippen molar-refractivity contribution in [2.24, 2.45) is 5.10 Å². The summed E-state index contributed by atoms with van der Waals surface area (Å²) in [5, 5.41) is 16.1. The maximum atomic E-state index is 12.4. The molecule has 0 unspecified atom stereocenters. The lowest BCUT2D eigenvalue weighted by atomic mass is 10.2. The van der Waals surface area contributed by atoms with Gasteiger partial charge in [-0.3, -0.25) is 10.2 Å². The van der Waals surface area contributed by atoms with Crippen LogP contribution in [0.1, 0.15) is 17.3 Å². The van der Waals surface area contributed by atoms with Crippen LogP contribution in [0, 0.1) is 11.3 Å². The van der Waals surface area contributed by atoms with Gasteiger partial charge in [0.15, 0.2) is 0 Å². The highest BCUT2D eigenvalue weighted by atomic mass is 35.5. The van der Waals surface area contributed by atoms with Crippen LogP contribution in [0.25, 0.3) is 0 Å². The average molecular weight is 405 g/mol. The molecule has 27 heavy (non-hydrogen) atoms. The van der Waals surface area contributed by atoms with Crippen molar-refractivity contribution in [3.63, 3.8) is 0 Å². The molecule has 0 saturated carbocycles. The van der Waals surface area contributed by atoms with Gasteiger partial charge in [0.25, 0.3) is 5.91 Å². The number of hydrogen-bond acceptors (Lipinski definition) is 6. The normalized spacial score (nSPS) is 10.7. The first-order valence-corrected chi connectivity index (χ1v) is 8.47. The Morgan fingerprint density at radius 2 is 2.00 bits per heavy atom. The standard InChI is InChI=1S/C18H14Cl2N4O3/c1-2-27-18(26)16(10-21)24-23-15-8-11(6-7-14(15)20)17(25)22-13-5-3-4-12(19)9-13/h3-9,23H,2H2,1H3,(H,22,25)/b24-16-. The smallest absolute Gasteiger partial charge is 0.369 e. The molecule has 7 nitrogen and oxygen atoms in total. The molecule has 0 bridgehead atoms. The van der Waals surface area contributed by atoms with Crippen molar-refractivity contribution in [2.75, 3.05) is 17.3 Å². The van der Waals surface area contributed by atoms with Crippen LogP contribution in [-0.4, -0.2) is 24.2 Å². The third-order valence-corrected chi connectivity index (χ3v) is 3.74. The number of hydrazone groups is 1. The topological polar surface area (TPSA) is 104 Å². The summed E-state index contributed by atoms with van der Waals surface area (Å²) in [5.41, 5.74) is 3.09. The molecule has 9 heteroatoms. The molecule has 0 aromatic heterocycles. The zero-order valence-corrected chi connectivity index (χ0v) is 15.6. The summed E-state index contributed by atoms with van der Waals surface area (Å²) in [6, 6.07) is 12.8. The highest BCUT2D eigenvalue weighted by Gasteiger charge is 2.13. The third kappa shape index (κ3) is 5.71. The average Bonchev–Trinajstić information content (AvgIpc) is 2.63. The number of hydrogen-bond donors (Lipinski definition) is 2. The summed E-state index contributed by atoms with van der Waals surface area (Å²) < 4.78 is 4.71. The molecular weight excluding hydrogens is 391 g/mol. The van der Waals surface area contributed by atoms with E-state index < -0.39 is 17.6 Å². The lowest BCUT2D eigenvalue weighted by molar-refractivity contribution is -0.134. The Morgan fingerprint density at radius 1 is 1.22 bits per heavy atom. The molecule has 2 aromatic carbocycles. The number of benzene rings is 2. The summed E-state index contributed by atoms with van der Waals surface area (Å²) >= 11 is 12.0. The maximum Gasteiger partial charge on any atom is 0.369 e. The second-order valence-electron chi connectivity index (χ2n) is 5.06. The Kier molecular flexibility index (Phi) is 7.17. The first-order valence-electron chi connectivity index (χ1n) is 7.72. The van der Waals surface area contributed by atoms with E-state index in [1.807, 2.05) is 0 Å². The molecule has 0 fully saturated rings. The molecule has 0 saturated heterocycles. The Balaban J connectivity index is 2.19. The van der Waals surface area contributed by atoms with Crippen molar-refractivity contribution in [1.29, 1.82) is 5.26 Å². The summed E-state index contributed by atoms with van der Waals surface area (Å²) in [6.45, 7) is 1.72. The van der Waals surface area contributed by atoms with Gasteiger partial charge in [-0.2, -0.15) is 10.4 Å². The summed E-state index contributed by atoms with van der Waals surface area (Å²) in [7, 11) is 0. The van der Waals surface area contributed by atoms with Crippen molar-refractivity contribution < 1.29 is 14.3 Å². The minimum Gasteiger partial charge on any atom is -0.461 e. The van der Waals surface area contributed by atoms with Crippen molar-refractivity contribution in [1.82, 2.24) is 0 Å². The van der Waals surface area contributed by atoms with Gasteiger partial charge in [0.2, 0.25) is 5.71 Å². The molecule has 0 aliphatic rings. The van der Waals surface area contributed by atoms with Gasteiger partial charge in [-0.15, -0.1) is 0 Å². The Morgan fingerprint density at radius 3 is 2.67 bits per heavy atom. The van der Waals surface area contributed by atoms with Crippen LogP contribution < -0.4 is 10.7 Å². The highest BCUT2D eigenvalue weighted by molar-refractivity contribution is 6.43. The van der Waals surface area contributed by atoms with E-state index in [-0.39, 0.29) is 22.9 Å². The molecule has 2 N–H and O–H groups in total. The number of rotatable bonds is 6. The van der Waals surface area contributed by atoms with Gasteiger partial charge in [0.05, 0.1) is 17.3 Å². The second-order valence-corrected chi connectivity index (χ2v) is 5.91. The summed E-state index contributed by atoms with van der Waals surface area (Å²) in [4.78, 5) is 24.0. The fourth-order valence-corrected chi connectivity index (χ4v) is 2.30. The molecule has 0 aliphatic carbocycles. The summed E-state index contributed by atoms with van der Waals surface area (Å²) in [5.74, 6) is -1.26. The molecule has 138 valence electrons. The Bertz CT molecular complexity index is 938. The highest BCUT2D eigenvalue weighted by Crippen LogP contribution is 2.24. The van der Waals surface area contributed by atoms with E-state index >= 15 is 0 Å². The van der Waals surface area contributed by atoms with Gasteiger partial charge in [0, 0.05) is 16.3 Å². The number of amides is 1. The lowest BCUT2D eigenvalue weighted by Gasteiger charge is -2.09. The van der Waals surface area contributed by atoms with Crippen LogP contribution in [-0.2, 0) is 9.53 Å². The molecule has 1 amide bonds. The number of nitriles is 1. The van der Waals surface area contributed by atoms with E-state index in [1.54, 1.807) is 37.3 Å². The molecule has 2 rings (SSSR count). The maximum absolute atomic E-state index is 12.4. The van der Waals surface area contributed by atoms with Crippen LogP contribution in [0.3, 0.4) is 0 Å². The zero-order chi connectivity index (χ0) is 19.8. The Hall–Kier alpha value is -3.08. The minimum absolute atomic E-state index is 0.111. The van der Waals surface area contributed by atoms with Gasteiger partial charge in [0.1, 0.15) is 6.07 Å². The molecule has 2 aromatic rings. The van der Waals surface area contributed by atoms with E-state index in [0.29, 0.717) is 10.7 Å². The molecular formula is C18H14Cl2N4O3. The molecule has 0 atom stereocenters. The van der Waals surface area contributed by atoms with Crippen molar-refractivity contribution in [3.05, 3.63) is 58.1 Å². The zero-order valence-electron chi connectivity index (χ0n) is 14.1. The minimum atomic E-state index is -0.863. The fourth-order valence-electron chi connectivity index (χ4n) is 1.95. The summed E-state index contributed by atoms with van der Waals surface area (Å²) in [6.07, 6.45) is 0. The van der Waals surface area contributed by atoms with E-state index in [9.17, 15) is 9.59 Å². The predicted molar refractivity (Wildman–Crippen MR) is 104 cm³/mol. The molecule has 0 spiro atoms. The van der Waals surface area contributed by atoms with Gasteiger partial charge in [-0.05, 0) is 43.3 Å². The largest absolute Gasteiger partial charge is 0.461 e. The Labute approximate surface area is 165 Å². The number of carbonyl (C=O) groups excluding carboxylic acids is 2. The van der Waals surface area contributed by atoms with E-state index in [2.05, 4.69) is 15.8 Å². The monoisotopic (exact) mass is 404 g/mol. The van der Waals surface area contributed by atoms with Gasteiger partial charge >= 0.3 is 5.97 Å². The molecule has 0 aliphatic heterocycles. The lowest BCUT2D eigenvalue weighted by Crippen LogP contribution is -2.17. The van der Waals surface area contributed by atoms with Crippen LogP contribution in [0.2, 0.25) is 10.0 Å². The number of carbonyl (C=O) groups is 2. The number of esters is 1. The van der Waals surface area contributed by atoms with E-state index in [0.717, 1.165) is 0 Å². The fraction of sp³-hybridized carbons (Fsp3) is 0.111. The SMILES string of the molecule is CCOC(=O)/C(C#N)=N\Nc1cc(C(=O)Nc2cccc(Cl)c2)ccc1Cl.